The molecule has 1 unspecified atom stereocenters. The van der Waals surface area contributed by atoms with Crippen LogP contribution in [0.1, 0.15) is 35.9 Å². The first-order valence-corrected chi connectivity index (χ1v) is 8.75. The van der Waals surface area contributed by atoms with Crippen molar-refractivity contribution in [1.29, 1.82) is 0 Å². The highest BCUT2D eigenvalue weighted by Gasteiger charge is 2.30. The molecule has 8 heteroatoms. The number of rotatable bonds is 7. The predicted molar refractivity (Wildman–Crippen MR) is 101 cm³/mol. The van der Waals surface area contributed by atoms with Crippen LogP contribution in [0.3, 0.4) is 0 Å². The molecule has 0 aliphatic heterocycles. The first-order chi connectivity index (χ1) is 12.9. The molecule has 0 radical (unpaired) electrons. The zero-order chi connectivity index (χ0) is 20.0. The average molecular weight is 391 g/mol. The number of carbonyl (C=O) groups excluding carboxylic acids is 2. The molecule has 0 aliphatic rings. The number of benzene rings is 2. The standard InChI is InChI=1S/C19H19ClN2O5/c1-3-21(4-2)18(23)17(13-8-6-5-7-9-13)27-19(24)15-12-14(22(25)26)10-11-16(15)20/h5-12,17H,3-4H2,1-2H3. The summed E-state index contributed by atoms with van der Waals surface area (Å²) in [6.45, 7) is 4.55. The number of carbonyl (C=O) groups is 2. The van der Waals surface area contributed by atoms with Crippen LogP contribution < -0.4 is 0 Å². The third kappa shape index (κ3) is 4.83. The second-order valence-corrected chi connectivity index (χ2v) is 6.04. The van der Waals surface area contributed by atoms with Gasteiger partial charge in [0, 0.05) is 30.8 Å². The van der Waals surface area contributed by atoms with Gasteiger partial charge in [0.05, 0.1) is 15.5 Å². The van der Waals surface area contributed by atoms with Crippen LogP contribution in [0.2, 0.25) is 5.02 Å². The van der Waals surface area contributed by atoms with E-state index in [0.717, 1.165) is 6.07 Å². The van der Waals surface area contributed by atoms with Crippen molar-refractivity contribution in [2.24, 2.45) is 0 Å². The van der Waals surface area contributed by atoms with Gasteiger partial charge < -0.3 is 9.64 Å². The first-order valence-electron chi connectivity index (χ1n) is 8.37. The third-order valence-electron chi connectivity index (χ3n) is 4.01. The Labute approximate surface area is 161 Å². The molecule has 0 N–H and O–H groups in total. The molecule has 0 saturated heterocycles. The number of hydrogen-bond acceptors (Lipinski definition) is 5. The van der Waals surface area contributed by atoms with Crippen molar-refractivity contribution in [3.05, 3.63) is 74.8 Å². The third-order valence-corrected chi connectivity index (χ3v) is 4.34. The molecule has 1 atom stereocenters. The molecule has 0 bridgehead atoms. The van der Waals surface area contributed by atoms with E-state index < -0.39 is 17.0 Å². The van der Waals surface area contributed by atoms with Crippen LogP contribution >= 0.6 is 11.6 Å². The fraction of sp³-hybridized carbons (Fsp3) is 0.263. The number of non-ortho nitro benzene ring substituents is 1. The maximum atomic E-state index is 12.8. The molecule has 0 saturated carbocycles. The van der Waals surface area contributed by atoms with Crippen molar-refractivity contribution < 1.29 is 19.2 Å². The van der Waals surface area contributed by atoms with Crippen molar-refractivity contribution in [3.8, 4) is 0 Å². The largest absolute Gasteiger partial charge is 0.444 e. The molecular weight excluding hydrogens is 372 g/mol. The lowest BCUT2D eigenvalue weighted by molar-refractivity contribution is -0.384. The lowest BCUT2D eigenvalue weighted by Crippen LogP contribution is -2.36. The maximum absolute atomic E-state index is 12.8. The van der Waals surface area contributed by atoms with Gasteiger partial charge in [-0.15, -0.1) is 0 Å². The number of halogens is 1. The van der Waals surface area contributed by atoms with Crippen molar-refractivity contribution >= 4 is 29.2 Å². The zero-order valence-corrected chi connectivity index (χ0v) is 15.7. The molecular formula is C19H19ClN2O5. The summed E-state index contributed by atoms with van der Waals surface area (Å²) in [5.74, 6) is -1.28. The normalized spacial score (nSPS) is 11.5. The first kappa shape index (κ1) is 20.4. The maximum Gasteiger partial charge on any atom is 0.341 e. The van der Waals surface area contributed by atoms with E-state index in [2.05, 4.69) is 0 Å². The van der Waals surface area contributed by atoms with Gasteiger partial charge in [-0.25, -0.2) is 4.79 Å². The van der Waals surface area contributed by atoms with Crippen LogP contribution in [0.15, 0.2) is 48.5 Å². The summed E-state index contributed by atoms with van der Waals surface area (Å²) in [6, 6.07) is 12.1. The Balaban J connectivity index is 2.38. The molecule has 2 aromatic rings. The number of hydrogen-bond donors (Lipinski definition) is 0. The smallest absolute Gasteiger partial charge is 0.341 e. The minimum Gasteiger partial charge on any atom is -0.444 e. The minimum atomic E-state index is -1.17. The second kappa shape index (κ2) is 9.14. The number of nitrogens with zero attached hydrogens (tertiary/aromatic N) is 2. The van der Waals surface area contributed by atoms with E-state index in [9.17, 15) is 19.7 Å². The molecule has 0 fully saturated rings. The Morgan fingerprint density at radius 1 is 1.15 bits per heavy atom. The van der Waals surface area contributed by atoms with Gasteiger partial charge in [-0.3, -0.25) is 14.9 Å². The van der Waals surface area contributed by atoms with Crippen molar-refractivity contribution in [3.63, 3.8) is 0 Å². The number of nitro groups is 1. The highest BCUT2D eigenvalue weighted by molar-refractivity contribution is 6.33. The number of nitro benzene ring substituents is 1. The lowest BCUT2D eigenvalue weighted by Gasteiger charge is -2.25. The molecule has 0 spiro atoms. The molecule has 0 aliphatic carbocycles. The highest BCUT2D eigenvalue weighted by Crippen LogP contribution is 2.27. The van der Waals surface area contributed by atoms with Crippen LogP contribution in [0, 0.1) is 10.1 Å². The van der Waals surface area contributed by atoms with Gasteiger partial charge in [0.1, 0.15) is 0 Å². The van der Waals surface area contributed by atoms with Gasteiger partial charge in [-0.2, -0.15) is 0 Å². The molecule has 142 valence electrons. The van der Waals surface area contributed by atoms with Gasteiger partial charge >= 0.3 is 5.97 Å². The van der Waals surface area contributed by atoms with Gasteiger partial charge in [-0.05, 0) is 19.9 Å². The summed E-state index contributed by atoms with van der Waals surface area (Å²) in [4.78, 5) is 37.3. The number of amides is 1. The van der Waals surface area contributed by atoms with Crippen LogP contribution in [-0.2, 0) is 9.53 Å². The van der Waals surface area contributed by atoms with Gasteiger partial charge in [0.15, 0.2) is 0 Å². The molecule has 7 nitrogen and oxygen atoms in total. The van der Waals surface area contributed by atoms with E-state index >= 15 is 0 Å². The van der Waals surface area contributed by atoms with E-state index in [1.807, 2.05) is 13.8 Å². The highest BCUT2D eigenvalue weighted by atomic mass is 35.5. The summed E-state index contributed by atoms with van der Waals surface area (Å²) in [7, 11) is 0. The summed E-state index contributed by atoms with van der Waals surface area (Å²) in [5.41, 5.74) is 0.0427. The van der Waals surface area contributed by atoms with Crippen LogP contribution in [-0.4, -0.2) is 34.8 Å². The topological polar surface area (TPSA) is 89.8 Å². The van der Waals surface area contributed by atoms with Crippen molar-refractivity contribution in [1.82, 2.24) is 4.90 Å². The lowest BCUT2D eigenvalue weighted by atomic mass is 10.1. The van der Waals surface area contributed by atoms with Crippen LogP contribution in [0.4, 0.5) is 5.69 Å². The van der Waals surface area contributed by atoms with E-state index in [0.29, 0.717) is 18.7 Å². The fourth-order valence-electron chi connectivity index (χ4n) is 2.54. The molecule has 2 rings (SSSR count). The van der Waals surface area contributed by atoms with Crippen LogP contribution in [0.25, 0.3) is 0 Å². The Hall–Kier alpha value is -2.93. The minimum absolute atomic E-state index is 0.00713. The van der Waals surface area contributed by atoms with Gasteiger partial charge in [-0.1, -0.05) is 41.9 Å². The van der Waals surface area contributed by atoms with E-state index in [4.69, 9.17) is 16.3 Å². The number of ether oxygens (including phenoxy) is 1. The summed E-state index contributed by atoms with van der Waals surface area (Å²) < 4.78 is 5.45. The number of likely N-dealkylation sites (N-methyl/N-ethyl adjacent to an activating group) is 1. The Morgan fingerprint density at radius 3 is 2.33 bits per heavy atom. The molecule has 1 amide bonds. The van der Waals surface area contributed by atoms with Gasteiger partial charge in [0.25, 0.3) is 11.6 Å². The molecule has 0 aromatic heterocycles. The number of esters is 1. The SMILES string of the molecule is CCN(CC)C(=O)C(OC(=O)c1cc([N+](=O)[O-])ccc1Cl)c1ccccc1. The quantitative estimate of drug-likeness (QED) is 0.404. The molecule has 0 heterocycles. The Morgan fingerprint density at radius 2 is 1.78 bits per heavy atom. The van der Waals surface area contributed by atoms with E-state index in [1.54, 1.807) is 35.2 Å². The summed E-state index contributed by atoms with van der Waals surface area (Å²) >= 11 is 6.00. The van der Waals surface area contributed by atoms with E-state index in [-0.39, 0.29) is 22.2 Å². The fourth-order valence-corrected chi connectivity index (χ4v) is 2.74. The summed E-state index contributed by atoms with van der Waals surface area (Å²) in [5, 5.41) is 11.0. The van der Waals surface area contributed by atoms with Crippen LogP contribution in [0.5, 0.6) is 0 Å². The second-order valence-electron chi connectivity index (χ2n) is 5.63. The Bertz CT molecular complexity index is 837. The average Bonchev–Trinajstić information content (AvgIpc) is 2.67. The Kier molecular flexibility index (Phi) is 6.90. The zero-order valence-electron chi connectivity index (χ0n) is 14.9. The van der Waals surface area contributed by atoms with Crippen molar-refractivity contribution in [2.75, 3.05) is 13.1 Å². The van der Waals surface area contributed by atoms with Gasteiger partial charge in [0.2, 0.25) is 6.10 Å². The van der Waals surface area contributed by atoms with Crippen molar-refractivity contribution in [2.45, 2.75) is 20.0 Å². The summed E-state index contributed by atoms with van der Waals surface area (Å²) in [6.07, 6.45) is -1.17. The molecule has 2 aromatic carbocycles. The van der Waals surface area contributed by atoms with E-state index in [1.165, 1.54) is 12.1 Å². The monoisotopic (exact) mass is 390 g/mol. The molecule has 27 heavy (non-hydrogen) atoms. The predicted octanol–water partition coefficient (Wildman–Crippen LogP) is 4.01.